The molecule has 2 aromatic heterocycles. The maximum Gasteiger partial charge on any atom is 0.327 e. The molecule has 2 heterocycles. The molecule has 0 bridgehead atoms. The molecule has 0 saturated carbocycles. The molecule has 0 aliphatic heterocycles. The average molecular weight is 509 g/mol. The third-order valence-electron chi connectivity index (χ3n) is 4.82. The van der Waals surface area contributed by atoms with Crippen LogP contribution in [0.1, 0.15) is 11.3 Å². The Balaban J connectivity index is 1.66. The normalized spacial score (nSPS) is 11.5. The van der Waals surface area contributed by atoms with Crippen molar-refractivity contribution in [3.63, 3.8) is 0 Å². The topological polar surface area (TPSA) is 98.7 Å². The van der Waals surface area contributed by atoms with E-state index in [0.29, 0.717) is 28.2 Å². The number of aromatic nitrogens is 2. The van der Waals surface area contributed by atoms with Crippen LogP contribution in [-0.4, -0.2) is 56.9 Å². The van der Waals surface area contributed by atoms with Gasteiger partial charge in [-0.05, 0) is 42.8 Å². The summed E-state index contributed by atoms with van der Waals surface area (Å²) in [6.07, 6.45) is 1.73. The van der Waals surface area contributed by atoms with Crippen LogP contribution in [0.4, 0.5) is 21.3 Å². The second-order valence-electron chi connectivity index (χ2n) is 7.54. The van der Waals surface area contributed by atoms with E-state index < -0.39 is 16.1 Å². The lowest BCUT2D eigenvalue weighted by Crippen LogP contribution is -2.31. The lowest BCUT2D eigenvalue weighted by Gasteiger charge is -2.20. The molecular weight excluding hydrogens is 484 g/mol. The van der Waals surface area contributed by atoms with Gasteiger partial charge in [-0.25, -0.2) is 27.5 Å². The molecule has 33 heavy (non-hydrogen) atoms. The minimum Gasteiger partial charge on any atom is -0.370 e. The Labute approximate surface area is 202 Å². The standard InChI is InChI=1S/C21H25ClN6O3S2/c1-14-19(33(30,31)26(2)3)32-21(24-14)28(5)20(29)25-16-7-9-17(10-8-16)27(4)13-15-6-11-18(22)23-12-15/h6-12H,13H2,1-5H3,(H,25,29). The van der Waals surface area contributed by atoms with E-state index in [2.05, 4.69) is 15.3 Å². The summed E-state index contributed by atoms with van der Waals surface area (Å²) in [6, 6.07) is 10.6. The summed E-state index contributed by atoms with van der Waals surface area (Å²) in [7, 11) is 2.79. The van der Waals surface area contributed by atoms with Gasteiger partial charge in [0, 0.05) is 52.3 Å². The highest BCUT2D eigenvalue weighted by Gasteiger charge is 2.26. The first kappa shape index (κ1) is 24.9. The van der Waals surface area contributed by atoms with Crippen molar-refractivity contribution in [3.05, 3.63) is 59.0 Å². The number of carbonyl (C=O) groups is 1. The molecule has 2 amide bonds. The number of amides is 2. The lowest BCUT2D eigenvalue weighted by atomic mass is 10.2. The summed E-state index contributed by atoms with van der Waals surface area (Å²) in [5.74, 6) is 0. The molecule has 176 valence electrons. The predicted octanol–water partition coefficient (Wildman–Crippen LogP) is 4.05. The van der Waals surface area contributed by atoms with Crippen molar-refractivity contribution in [2.24, 2.45) is 0 Å². The number of aryl methyl sites for hydroxylation is 1. The number of carbonyl (C=O) groups excluding carboxylic acids is 1. The molecular formula is C21H25ClN6O3S2. The molecule has 0 aliphatic carbocycles. The Morgan fingerprint density at radius 3 is 2.33 bits per heavy atom. The summed E-state index contributed by atoms with van der Waals surface area (Å²) in [4.78, 5) is 24.4. The fourth-order valence-electron chi connectivity index (χ4n) is 2.88. The van der Waals surface area contributed by atoms with Gasteiger partial charge in [-0.15, -0.1) is 0 Å². The Morgan fingerprint density at radius 1 is 1.09 bits per heavy atom. The van der Waals surface area contributed by atoms with Gasteiger partial charge in [0.2, 0.25) is 0 Å². The molecule has 0 aliphatic rings. The molecule has 0 radical (unpaired) electrons. The summed E-state index contributed by atoms with van der Waals surface area (Å²) in [5.41, 5.74) is 2.94. The van der Waals surface area contributed by atoms with Crippen LogP contribution in [0.2, 0.25) is 5.15 Å². The largest absolute Gasteiger partial charge is 0.370 e. The molecule has 0 spiro atoms. The minimum absolute atomic E-state index is 0.116. The zero-order valence-corrected chi connectivity index (χ0v) is 21.3. The van der Waals surface area contributed by atoms with Gasteiger partial charge in [-0.2, -0.15) is 0 Å². The van der Waals surface area contributed by atoms with Gasteiger partial charge < -0.3 is 10.2 Å². The van der Waals surface area contributed by atoms with E-state index in [9.17, 15) is 13.2 Å². The van der Waals surface area contributed by atoms with E-state index in [0.717, 1.165) is 26.9 Å². The van der Waals surface area contributed by atoms with Crippen LogP contribution in [0.5, 0.6) is 0 Å². The number of anilines is 3. The molecule has 0 fully saturated rings. The molecule has 12 heteroatoms. The molecule has 1 aromatic carbocycles. The molecule has 3 aromatic rings. The van der Waals surface area contributed by atoms with Gasteiger partial charge >= 0.3 is 6.03 Å². The van der Waals surface area contributed by atoms with Crippen LogP contribution in [0.25, 0.3) is 0 Å². The highest BCUT2D eigenvalue weighted by Crippen LogP contribution is 2.31. The first-order valence-corrected chi connectivity index (χ1v) is 12.5. The summed E-state index contributed by atoms with van der Waals surface area (Å²) in [6.45, 7) is 2.26. The number of benzene rings is 1. The smallest absolute Gasteiger partial charge is 0.327 e. The number of nitrogens with zero attached hydrogens (tertiary/aromatic N) is 5. The van der Waals surface area contributed by atoms with Gasteiger partial charge in [0.15, 0.2) is 9.34 Å². The monoisotopic (exact) mass is 508 g/mol. The lowest BCUT2D eigenvalue weighted by molar-refractivity contribution is 0.258. The third-order valence-corrected chi connectivity index (χ3v) is 8.68. The number of sulfonamides is 1. The van der Waals surface area contributed by atoms with Gasteiger partial charge in [-0.3, -0.25) is 4.90 Å². The van der Waals surface area contributed by atoms with Crippen molar-refractivity contribution in [3.8, 4) is 0 Å². The van der Waals surface area contributed by atoms with Gasteiger partial charge in [0.05, 0.1) is 5.69 Å². The first-order valence-electron chi connectivity index (χ1n) is 9.85. The van der Waals surface area contributed by atoms with Crippen LogP contribution >= 0.6 is 22.9 Å². The molecule has 0 unspecified atom stereocenters. The Hall–Kier alpha value is -2.73. The van der Waals surface area contributed by atoms with Crippen molar-refractivity contribution in [1.82, 2.24) is 14.3 Å². The van der Waals surface area contributed by atoms with Gasteiger partial charge in [-0.1, -0.05) is 29.0 Å². The summed E-state index contributed by atoms with van der Waals surface area (Å²) in [5, 5.41) is 3.55. The Kier molecular flexibility index (Phi) is 7.58. The van der Waals surface area contributed by atoms with E-state index in [1.165, 1.54) is 19.0 Å². The fraction of sp³-hybridized carbons (Fsp3) is 0.286. The first-order chi connectivity index (χ1) is 15.5. The zero-order valence-electron chi connectivity index (χ0n) is 18.9. The Bertz CT molecular complexity index is 1230. The fourth-order valence-corrected chi connectivity index (χ4v) is 5.59. The summed E-state index contributed by atoms with van der Waals surface area (Å²) < 4.78 is 26.1. The molecule has 0 atom stereocenters. The van der Waals surface area contributed by atoms with E-state index in [4.69, 9.17) is 11.6 Å². The van der Waals surface area contributed by atoms with Crippen LogP contribution in [0.3, 0.4) is 0 Å². The number of hydrogen-bond acceptors (Lipinski definition) is 7. The van der Waals surface area contributed by atoms with Gasteiger partial charge in [0.25, 0.3) is 10.0 Å². The van der Waals surface area contributed by atoms with Crippen molar-refractivity contribution in [1.29, 1.82) is 0 Å². The zero-order chi connectivity index (χ0) is 24.3. The highest BCUT2D eigenvalue weighted by atomic mass is 35.5. The van der Waals surface area contributed by atoms with Crippen LogP contribution in [-0.2, 0) is 16.6 Å². The minimum atomic E-state index is -3.63. The number of thiazole rings is 1. The number of halogens is 1. The molecule has 1 N–H and O–H groups in total. The third kappa shape index (κ3) is 5.80. The van der Waals surface area contributed by atoms with Crippen molar-refractivity contribution in [2.45, 2.75) is 17.7 Å². The van der Waals surface area contributed by atoms with E-state index in [1.807, 2.05) is 30.1 Å². The van der Waals surface area contributed by atoms with Crippen LogP contribution in [0.15, 0.2) is 46.8 Å². The summed E-state index contributed by atoms with van der Waals surface area (Å²) >= 11 is 6.79. The van der Waals surface area contributed by atoms with Crippen LogP contribution < -0.4 is 15.1 Å². The molecule has 9 nitrogen and oxygen atoms in total. The van der Waals surface area contributed by atoms with Crippen LogP contribution in [0, 0.1) is 6.92 Å². The molecule has 0 saturated heterocycles. The Morgan fingerprint density at radius 2 is 1.76 bits per heavy atom. The maximum absolute atomic E-state index is 12.7. The molecule has 3 rings (SSSR count). The van der Waals surface area contributed by atoms with E-state index >= 15 is 0 Å². The second kappa shape index (κ2) is 10.0. The second-order valence-corrected chi connectivity index (χ2v) is 11.2. The number of urea groups is 1. The quantitative estimate of drug-likeness (QED) is 0.483. The van der Waals surface area contributed by atoms with Crippen molar-refractivity contribution in [2.75, 3.05) is 43.3 Å². The van der Waals surface area contributed by atoms with Crippen molar-refractivity contribution >= 4 is 55.5 Å². The number of nitrogens with one attached hydrogen (secondary N) is 1. The van der Waals surface area contributed by atoms with Gasteiger partial charge in [0.1, 0.15) is 5.15 Å². The number of rotatable bonds is 7. The maximum atomic E-state index is 12.7. The highest BCUT2D eigenvalue weighted by molar-refractivity contribution is 7.91. The van der Waals surface area contributed by atoms with Crippen molar-refractivity contribution < 1.29 is 13.2 Å². The number of pyridine rings is 1. The predicted molar refractivity (Wildman–Crippen MR) is 133 cm³/mol. The van der Waals surface area contributed by atoms with E-state index in [1.54, 1.807) is 38.4 Å². The number of hydrogen-bond donors (Lipinski definition) is 1. The SMILES string of the molecule is Cc1nc(N(C)C(=O)Nc2ccc(N(C)Cc3ccc(Cl)nc3)cc2)sc1S(=O)(=O)N(C)C. The van der Waals surface area contributed by atoms with E-state index in [-0.39, 0.29) is 4.21 Å². The average Bonchev–Trinajstić information content (AvgIpc) is 3.17.